The molecule has 0 aliphatic carbocycles. The monoisotopic (exact) mass is 528 g/mol. The summed E-state index contributed by atoms with van der Waals surface area (Å²) in [6.45, 7) is 4.35. The number of carbonyl (C=O) groups is 2. The molecule has 0 bridgehead atoms. The Hall–Kier alpha value is -3.10. The fourth-order valence-electron chi connectivity index (χ4n) is 3.00. The molecule has 2 aromatic carbocycles. The molecule has 0 unspecified atom stereocenters. The molecule has 3 N–H and O–H groups in total. The summed E-state index contributed by atoms with van der Waals surface area (Å²) in [6.07, 6.45) is 3.11. The van der Waals surface area contributed by atoms with Crippen LogP contribution in [-0.4, -0.2) is 18.9 Å². The van der Waals surface area contributed by atoms with Crippen molar-refractivity contribution in [1.29, 1.82) is 0 Å². The number of nitrogens with two attached hydrogens (primary N) is 1. The zero-order valence-electron chi connectivity index (χ0n) is 18.6. The average molecular weight is 529 g/mol. The number of primary amides is 1. The fraction of sp³-hybridized carbons (Fsp3) is 0.200. The van der Waals surface area contributed by atoms with E-state index in [1.54, 1.807) is 19.3 Å². The van der Waals surface area contributed by atoms with Crippen molar-refractivity contribution < 1.29 is 19.1 Å². The molecule has 8 heteroatoms. The Balaban J connectivity index is 1.71. The first-order valence-electron chi connectivity index (χ1n) is 10.2. The number of nitrogens with one attached hydrogen (secondary N) is 1. The molecular weight excluding hydrogens is 504 g/mol. The minimum atomic E-state index is -0.567. The summed E-state index contributed by atoms with van der Waals surface area (Å²) in [5.41, 5.74) is 7.44. The van der Waals surface area contributed by atoms with E-state index in [1.807, 2.05) is 56.3 Å². The van der Waals surface area contributed by atoms with Gasteiger partial charge in [0.05, 0.1) is 12.7 Å². The number of hydrogen-bond donors (Lipinski definition) is 2. The van der Waals surface area contributed by atoms with Gasteiger partial charge in [0.25, 0.3) is 5.91 Å². The Labute approximate surface area is 205 Å². The molecule has 172 valence electrons. The molecule has 0 aliphatic heterocycles. The Bertz CT molecular complexity index is 1170. The number of methoxy groups -OCH3 is 1. The van der Waals surface area contributed by atoms with Gasteiger partial charge in [0.2, 0.25) is 5.91 Å². The van der Waals surface area contributed by atoms with Crippen LogP contribution in [0.1, 0.15) is 46.1 Å². The van der Waals surface area contributed by atoms with E-state index in [4.69, 9.17) is 15.2 Å². The largest absolute Gasteiger partial charge is 0.496 e. The van der Waals surface area contributed by atoms with Gasteiger partial charge in [0.1, 0.15) is 23.1 Å². The second-order valence-corrected chi connectivity index (χ2v) is 9.55. The molecule has 1 heterocycles. The molecule has 3 aromatic rings. The highest BCUT2D eigenvalue weighted by Crippen LogP contribution is 2.32. The number of rotatable bonds is 9. The topological polar surface area (TPSA) is 90.6 Å². The standard InChI is InChI=1S/C25H25BrN2O4S/c1-15(2)22-13-20(24(27)30)25(33-22)28-23(29)11-5-16-4-10-21(31-3)17(12-16)14-32-19-8-6-18(26)7-9-19/h4-13,15H,14H2,1-3H3,(H2,27,30)(H,28,29)/b11-5+. The first-order valence-corrected chi connectivity index (χ1v) is 11.9. The van der Waals surface area contributed by atoms with Crippen LogP contribution in [0.5, 0.6) is 11.5 Å². The van der Waals surface area contributed by atoms with Crippen LogP contribution in [0.15, 0.2) is 59.1 Å². The van der Waals surface area contributed by atoms with Crippen molar-refractivity contribution in [2.75, 3.05) is 12.4 Å². The summed E-state index contributed by atoms with van der Waals surface area (Å²) in [7, 11) is 1.60. The lowest BCUT2D eigenvalue weighted by atomic mass is 10.1. The second-order valence-electron chi connectivity index (χ2n) is 7.55. The van der Waals surface area contributed by atoms with Crippen molar-refractivity contribution >= 4 is 50.2 Å². The van der Waals surface area contributed by atoms with Gasteiger partial charge in [-0.15, -0.1) is 11.3 Å². The number of halogens is 1. The lowest BCUT2D eigenvalue weighted by Gasteiger charge is -2.11. The van der Waals surface area contributed by atoms with E-state index in [9.17, 15) is 9.59 Å². The van der Waals surface area contributed by atoms with Crippen LogP contribution < -0.4 is 20.5 Å². The van der Waals surface area contributed by atoms with E-state index >= 15 is 0 Å². The third kappa shape index (κ3) is 6.69. The van der Waals surface area contributed by atoms with Gasteiger partial charge >= 0.3 is 0 Å². The van der Waals surface area contributed by atoms with Crippen molar-refractivity contribution in [1.82, 2.24) is 0 Å². The van der Waals surface area contributed by atoms with Gasteiger partial charge in [-0.2, -0.15) is 0 Å². The number of benzene rings is 2. The molecule has 33 heavy (non-hydrogen) atoms. The minimum Gasteiger partial charge on any atom is -0.496 e. The highest BCUT2D eigenvalue weighted by Gasteiger charge is 2.16. The minimum absolute atomic E-state index is 0.228. The molecule has 0 saturated carbocycles. The van der Waals surface area contributed by atoms with Crippen molar-refractivity contribution in [2.45, 2.75) is 26.4 Å². The number of anilines is 1. The maximum absolute atomic E-state index is 12.5. The third-order valence-corrected chi connectivity index (χ3v) is 6.64. The lowest BCUT2D eigenvalue weighted by Crippen LogP contribution is -2.14. The SMILES string of the molecule is COc1ccc(/C=C/C(=O)Nc2sc(C(C)C)cc2C(N)=O)cc1COc1ccc(Br)cc1. The average Bonchev–Trinajstić information content (AvgIpc) is 3.22. The van der Waals surface area contributed by atoms with Gasteiger partial charge < -0.3 is 20.5 Å². The highest BCUT2D eigenvalue weighted by molar-refractivity contribution is 9.10. The number of thiophene rings is 1. The third-order valence-electron chi connectivity index (χ3n) is 4.76. The van der Waals surface area contributed by atoms with Crippen LogP contribution in [0.25, 0.3) is 6.08 Å². The molecule has 0 fully saturated rings. The van der Waals surface area contributed by atoms with Crippen LogP contribution in [0.4, 0.5) is 5.00 Å². The summed E-state index contributed by atoms with van der Waals surface area (Å²) in [5.74, 6) is 0.745. The zero-order chi connectivity index (χ0) is 24.0. The Morgan fingerprint density at radius 3 is 2.52 bits per heavy atom. The maximum atomic E-state index is 12.5. The summed E-state index contributed by atoms with van der Waals surface area (Å²) in [5, 5.41) is 3.22. The molecule has 0 radical (unpaired) electrons. The van der Waals surface area contributed by atoms with E-state index in [0.717, 1.165) is 26.2 Å². The first-order chi connectivity index (χ1) is 15.8. The van der Waals surface area contributed by atoms with Gasteiger partial charge in [-0.1, -0.05) is 35.8 Å². The van der Waals surface area contributed by atoms with Crippen LogP contribution >= 0.6 is 27.3 Å². The van der Waals surface area contributed by atoms with Crippen LogP contribution in [0.3, 0.4) is 0 Å². The fourth-order valence-corrected chi connectivity index (χ4v) is 4.34. The summed E-state index contributed by atoms with van der Waals surface area (Å²) < 4.78 is 12.3. The molecule has 1 aromatic heterocycles. The van der Waals surface area contributed by atoms with E-state index < -0.39 is 5.91 Å². The summed E-state index contributed by atoms with van der Waals surface area (Å²) in [4.78, 5) is 25.2. The lowest BCUT2D eigenvalue weighted by molar-refractivity contribution is -0.111. The molecule has 3 rings (SSSR count). The van der Waals surface area contributed by atoms with Crippen molar-refractivity contribution in [2.24, 2.45) is 5.73 Å². The maximum Gasteiger partial charge on any atom is 0.251 e. The van der Waals surface area contributed by atoms with Gasteiger partial charge in [0, 0.05) is 21.0 Å². The smallest absolute Gasteiger partial charge is 0.251 e. The van der Waals surface area contributed by atoms with Gasteiger partial charge in [-0.25, -0.2) is 0 Å². The van der Waals surface area contributed by atoms with Crippen LogP contribution in [-0.2, 0) is 11.4 Å². The van der Waals surface area contributed by atoms with Gasteiger partial charge in [0.15, 0.2) is 0 Å². The highest BCUT2D eigenvalue weighted by atomic mass is 79.9. The quantitative estimate of drug-likeness (QED) is 0.334. The molecule has 0 saturated heterocycles. The molecule has 0 spiro atoms. The number of carbonyl (C=O) groups excluding carboxylic acids is 2. The van der Waals surface area contributed by atoms with Crippen LogP contribution in [0.2, 0.25) is 0 Å². The van der Waals surface area contributed by atoms with E-state index in [2.05, 4.69) is 21.2 Å². The molecule has 6 nitrogen and oxygen atoms in total. The van der Waals surface area contributed by atoms with Gasteiger partial charge in [-0.05, 0) is 60.0 Å². The van der Waals surface area contributed by atoms with Crippen molar-refractivity contribution in [3.05, 3.63) is 80.6 Å². The molecule has 0 atom stereocenters. The predicted molar refractivity (Wildman–Crippen MR) is 136 cm³/mol. The first kappa shape index (κ1) is 24.5. The number of hydrogen-bond acceptors (Lipinski definition) is 5. The van der Waals surface area contributed by atoms with Crippen molar-refractivity contribution in [3.8, 4) is 11.5 Å². The van der Waals surface area contributed by atoms with Gasteiger partial charge in [-0.3, -0.25) is 9.59 Å². The predicted octanol–water partition coefficient (Wildman–Crippen LogP) is 5.97. The number of amides is 2. The number of ether oxygens (including phenoxy) is 2. The Morgan fingerprint density at radius 2 is 1.88 bits per heavy atom. The summed E-state index contributed by atoms with van der Waals surface area (Å²) in [6, 6.07) is 14.9. The van der Waals surface area contributed by atoms with E-state index in [1.165, 1.54) is 17.4 Å². The van der Waals surface area contributed by atoms with E-state index in [-0.39, 0.29) is 11.8 Å². The summed E-state index contributed by atoms with van der Waals surface area (Å²) >= 11 is 4.76. The zero-order valence-corrected chi connectivity index (χ0v) is 21.0. The second kappa shape index (κ2) is 11.2. The van der Waals surface area contributed by atoms with Crippen LogP contribution in [0, 0.1) is 0 Å². The van der Waals surface area contributed by atoms with E-state index in [0.29, 0.717) is 22.9 Å². The Kier molecular flexibility index (Phi) is 8.30. The molecule has 2 amide bonds. The Morgan fingerprint density at radius 1 is 1.15 bits per heavy atom. The van der Waals surface area contributed by atoms with Crippen molar-refractivity contribution in [3.63, 3.8) is 0 Å². The molecular formula is C25H25BrN2O4S. The molecule has 0 aliphatic rings. The normalized spacial score (nSPS) is 11.1.